The van der Waals surface area contributed by atoms with Crippen molar-refractivity contribution >= 4 is 16.7 Å². The van der Waals surface area contributed by atoms with E-state index in [0.29, 0.717) is 0 Å². The first-order valence-electron chi connectivity index (χ1n) is 6.79. The molecule has 102 valence electrons. The molecule has 2 nitrogen and oxygen atoms in total. The Morgan fingerprint density at radius 1 is 1.05 bits per heavy atom. The van der Waals surface area contributed by atoms with Crippen LogP contribution < -0.4 is 0 Å². The summed E-state index contributed by atoms with van der Waals surface area (Å²) in [5.74, 6) is -0.911. The Hall–Kier alpha value is -2.35. The standard InChI is InChI=1S/C18H18O2/c19-18(20)11-5-3-1-2-4-8-15-12-13-16-9-6-7-10-17(16)14-15/h1,3,5-7,9-14H,2,4,8H2,(H,19,20)/b3-1+,11-5+. The summed E-state index contributed by atoms with van der Waals surface area (Å²) < 4.78 is 0. The number of carbonyl (C=O) groups is 1. The summed E-state index contributed by atoms with van der Waals surface area (Å²) in [7, 11) is 0. The Bertz CT molecular complexity index is 639. The minimum atomic E-state index is -0.911. The molecule has 2 rings (SSSR count). The molecular weight excluding hydrogens is 248 g/mol. The molecule has 0 saturated heterocycles. The van der Waals surface area contributed by atoms with E-state index in [0.717, 1.165) is 25.3 Å². The molecule has 0 saturated carbocycles. The quantitative estimate of drug-likeness (QED) is 0.479. The van der Waals surface area contributed by atoms with Crippen LogP contribution >= 0.6 is 0 Å². The van der Waals surface area contributed by atoms with Crippen molar-refractivity contribution < 1.29 is 9.90 Å². The van der Waals surface area contributed by atoms with Crippen LogP contribution in [-0.4, -0.2) is 11.1 Å². The van der Waals surface area contributed by atoms with E-state index in [4.69, 9.17) is 5.11 Å². The second kappa shape index (κ2) is 7.29. The van der Waals surface area contributed by atoms with Gasteiger partial charge in [-0.1, -0.05) is 60.7 Å². The van der Waals surface area contributed by atoms with E-state index in [-0.39, 0.29) is 0 Å². The van der Waals surface area contributed by atoms with Crippen molar-refractivity contribution in [3.63, 3.8) is 0 Å². The summed E-state index contributed by atoms with van der Waals surface area (Å²) in [6.45, 7) is 0. The van der Waals surface area contributed by atoms with E-state index < -0.39 is 5.97 Å². The summed E-state index contributed by atoms with van der Waals surface area (Å²) in [6.07, 6.45) is 9.54. The third-order valence-electron chi connectivity index (χ3n) is 3.14. The zero-order valence-corrected chi connectivity index (χ0v) is 11.3. The van der Waals surface area contributed by atoms with E-state index >= 15 is 0 Å². The van der Waals surface area contributed by atoms with Gasteiger partial charge in [0.15, 0.2) is 0 Å². The van der Waals surface area contributed by atoms with E-state index in [1.807, 2.05) is 6.08 Å². The zero-order chi connectivity index (χ0) is 14.2. The molecule has 0 unspecified atom stereocenters. The van der Waals surface area contributed by atoms with Gasteiger partial charge in [-0.25, -0.2) is 4.79 Å². The number of benzene rings is 2. The fourth-order valence-corrected chi connectivity index (χ4v) is 2.13. The summed E-state index contributed by atoms with van der Waals surface area (Å²) in [5, 5.41) is 11.0. The highest BCUT2D eigenvalue weighted by atomic mass is 16.4. The first kappa shape index (κ1) is 14.1. The maximum Gasteiger partial charge on any atom is 0.328 e. The lowest BCUT2D eigenvalue weighted by molar-refractivity contribution is -0.131. The van der Waals surface area contributed by atoms with Crippen molar-refractivity contribution in [3.05, 3.63) is 72.3 Å². The molecule has 0 amide bonds. The lowest BCUT2D eigenvalue weighted by Crippen LogP contribution is -1.85. The van der Waals surface area contributed by atoms with Crippen LogP contribution in [0.15, 0.2) is 66.8 Å². The molecule has 0 aliphatic heterocycles. The van der Waals surface area contributed by atoms with Crippen LogP contribution in [-0.2, 0) is 11.2 Å². The molecule has 2 aromatic carbocycles. The third-order valence-corrected chi connectivity index (χ3v) is 3.14. The van der Waals surface area contributed by atoms with Crippen molar-refractivity contribution in [2.75, 3.05) is 0 Å². The maximum absolute atomic E-state index is 10.3. The summed E-state index contributed by atoms with van der Waals surface area (Å²) >= 11 is 0. The van der Waals surface area contributed by atoms with Gasteiger partial charge in [-0.2, -0.15) is 0 Å². The second-order valence-electron chi connectivity index (χ2n) is 4.70. The van der Waals surface area contributed by atoms with Gasteiger partial charge in [0.25, 0.3) is 0 Å². The zero-order valence-electron chi connectivity index (χ0n) is 11.3. The molecule has 0 heterocycles. The average Bonchev–Trinajstić information content (AvgIpc) is 2.46. The number of hydrogen-bond acceptors (Lipinski definition) is 1. The molecule has 0 aliphatic carbocycles. The monoisotopic (exact) mass is 266 g/mol. The van der Waals surface area contributed by atoms with Gasteiger partial charge in [-0.15, -0.1) is 0 Å². The van der Waals surface area contributed by atoms with Crippen LogP contribution in [0.1, 0.15) is 18.4 Å². The number of aliphatic carboxylic acids is 1. The Balaban J connectivity index is 1.82. The molecule has 0 aromatic heterocycles. The molecule has 0 radical (unpaired) electrons. The molecule has 2 heteroatoms. The van der Waals surface area contributed by atoms with Gasteiger partial charge in [-0.05, 0) is 35.6 Å². The van der Waals surface area contributed by atoms with Gasteiger partial charge in [0.1, 0.15) is 0 Å². The summed E-state index contributed by atoms with van der Waals surface area (Å²) in [5.41, 5.74) is 1.35. The van der Waals surface area contributed by atoms with E-state index in [1.165, 1.54) is 16.3 Å². The van der Waals surface area contributed by atoms with Crippen molar-refractivity contribution in [2.24, 2.45) is 0 Å². The van der Waals surface area contributed by atoms with Crippen molar-refractivity contribution in [1.29, 1.82) is 0 Å². The van der Waals surface area contributed by atoms with Crippen LogP contribution in [0.4, 0.5) is 0 Å². The van der Waals surface area contributed by atoms with Crippen molar-refractivity contribution in [3.8, 4) is 0 Å². The predicted molar refractivity (Wildman–Crippen MR) is 82.8 cm³/mol. The first-order valence-corrected chi connectivity index (χ1v) is 6.79. The minimum Gasteiger partial charge on any atom is -0.478 e. The van der Waals surface area contributed by atoms with E-state index in [1.54, 1.807) is 12.2 Å². The van der Waals surface area contributed by atoms with Crippen molar-refractivity contribution in [1.82, 2.24) is 0 Å². The Morgan fingerprint density at radius 2 is 1.85 bits per heavy atom. The molecule has 0 atom stereocenters. The van der Waals surface area contributed by atoms with Gasteiger partial charge in [0, 0.05) is 6.08 Å². The maximum atomic E-state index is 10.3. The molecule has 0 spiro atoms. The molecule has 0 aliphatic rings. The van der Waals surface area contributed by atoms with Crippen LogP contribution in [0.2, 0.25) is 0 Å². The van der Waals surface area contributed by atoms with Crippen molar-refractivity contribution in [2.45, 2.75) is 19.3 Å². The Morgan fingerprint density at radius 3 is 2.65 bits per heavy atom. The summed E-state index contributed by atoms with van der Waals surface area (Å²) in [6, 6.07) is 14.9. The van der Waals surface area contributed by atoms with Crippen LogP contribution in [0.5, 0.6) is 0 Å². The first-order chi connectivity index (χ1) is 9.75. The Kier molecular flexibility index (Phi) is 5.13. The highest BCUT2D eigenvalue weighted by Crippen LogP contribution is 2.17. The van der Waals surface area contributed by atoms with Gasteiger partial charge >= 0.3 is 5.97 Å². The number of hydrogen-bond donors (Lipinski definition) is 1. The number of carboxylic acids is 1. The number of carboxylic acid groups (broad SMARTS) is 1. The lowest BCUT2D eigenvalue weighted by Gasteiger charge is -2.02. The number of unbranched alkanes of at least 4 members (excludes halogenated alkanes) is 1. The molecule has 1 N–H and O–H groups in total. The average molecular weight is 266 g/mol. The van der Waals surface area contributed by atoms with Gasteiger partial charge in [-0.3, -0.25) is 0 Å². The normalized spacial score (nSPS) is 11.6. The van der Waals surface area contributed by atoms with Crippen LogP contribution in [0, 0.1) is 0 Å². The fourth-order valence-electron chi connectivity index (χ4n) is 2.13. The van der Waals surface area contributed by atoms with Crippen LogP contribution in [0.25, 0.3) is 10.8 Å². The van der Waals surface area contributed by atoms with E-state index in [9.17, 15) is 4.79 Å². The largest absolute Gasteiger partial charge is 0.478 e. The van der Waals surface area contributed by atoms with Gasteiger partial charge in [0.2, 0.25) is 0 Å². The van der Waals surface area contributed by atoms with E-state index in [2.05, 4.69) is 42.5 Å². The highest BCUT2D eigenvalue weighted by molar-refractivity contribution is 5.83. The number of aryl methyl sites for hydroxylation is 1. The number of fused-ring (bicyclic) bond motifs is 1. The summed E-state index contributed by atoms with van der Waals surface area (Å²) in [4.78, 5) is 10.3. The fraction of sp³-hybridized carbons (Fsp3) is 0.167. The predicted octanol–water partition coefficient (Wildman–Crippen LogP) is 4.36. The topological polar surface area (TPSA) is 37.3 Å². The Labute approximate surface area is 119 Å². The molecule has 0 fully saturated rings. The second-order valence-corrected chi connectivity index (χ2v) is 4.70. The smallest absolute Gasteiger partial charge is 0.328 e. The minimum absolute atomic E-state index is 0.911. The molecular formula is C18H18O2. The highest BCUT2D eigenvalue weighted by Gasteiger charge is 1.95. The lowest BCUT2D eigenvalue weighted by atomic mass is 10.0. The number of allylic oxidation sites excluding steroid dienone is 3. The number of rotatable bonds is 6. The molecule has 0 bridgehead atoms. The SMILES string of the molecule is O=C(O)/C=C/C=C/CCCc1ccc2ccccc2c1. The molecule has 20 heavy (non-hydrogen) atoms. The third kappa shape index (κ3) is 4.39. The molecule has 2 aromatic rings. The van der Waals surface area contributed by atoms with Gasteiger partial charge < -0.3 is 5.11 Å². The van der Waals surface area contributed by atoms with Gasteiger partial charge in [0.05, 0.1) is 0 Å². The van der Waals surface area contributed by atoms with Crippen LogP contribution in [0.3, 0.4) is 0 Å².